The maximum absolute atomic E-state index is 12.6. The fourth-order valence-corrected chi connectivity index (χ4v) is 4.42. The standard InChI is InChI=1S/C14H19N3O4S/c1-21-10-7-11(9-15-8-10)22(19,20)17-12-3-4-13(18)16-14(12)5-2-6-14/h7-9,12,17H,2-6H2,1H3,(H,16,18)/t12-/m0/s1. The van der Waals surface area contributed by atoms with Crippen molar-refractivity contribution in [3.05, 3.63) is 18.5 Å². The molecule has 0 aromatic carbocycles. The molecule has 0 radical (unpaired) electrons. The van der Waals surface area contributed by atoms with Crippen LogP contribution in [0.2, 0.25) is 0 Å². The molecule has 1 aliphatic heterocycles. The number of nitrogens with one attached hydrogen (secondary N) is 2. The van der Waals surface area contributed by atoms with E-state index in [1.54, 1.807) is 0 Å². The molecule has 1 amide bonds. The van der Waals surface area contributed by atoms with Crippen LogP contribution in [0.1, 0.15) is 32.1 Å². The van der Waals surface area contributed by atoms with Crippen molar-refractivity contribution in [1.82, 2.24) is 15.0 Å². The summed E-state index contributed by atoms with van der Waals surface area (Å²) in [6, 6.07) is 1.15. The molecule has 22 heavy (non-hydrogen) atoms. The molecule has 8 heteroatoms. The highest BCUT2D eigenvalue weighted by molar-refractivity contribution is 7.89. The minimum absolute atomic E-state index is 0.00167. The Kier molecular flexibility index (Phi) is 3.82. The number of rotatable bonds is 4. The molecule has 1 aliphatic carbocycles. The molecule has 0 unspecified atom stereocenters. The zero-order chi connectivity index (χ0) is 15.8. The van der Waals surface area contributed by atoms with Crippen molar-refractivity contribution >= 4 is 15.9 Å². The Morgan fingerprint density at radius 1 is 1.41 bits per heavy atom. The van der Waals surface area contributed by atoms with Crippen molar-refractivity contribution in [3.8, 4) is 5.75 Å². The third-order valence-corrected chi connectivity index (χ3v) is 5.93. The van der Waals surface area contributed by atoms with Gasteiger partial charge in [0.05, 0.1) is 18.8 Å². The van der Waals surface area contributed by atoms with Crippen molar-refractivity contribution in [3.63, 3.8) is 0 Å². The van der Waals surface area contributed by atoms with Crippen molar-refractivity contribution < 1.29 is 17.9 Å². The lowest BCUT2D eigenvalue weighted by molar-refractivity contribution is -0.127. The molecule has 2 aliphatic rings. The topological polar surface area (TPSA) is 97.4 Å². The van der Waals surface area contributed by atoms with Crippen LogP contribution in [0.3, 0.4) is 0 Å². The van der Waals surface area contributed by atoms with Crippen LogP contribution < -0.4 is 14.8 Å². The van der Waals surface area contributed by atoms with Crippen LogP contribution in [0.5, 0.6) is 5.75 Å². The monoisotopic (exact) mass is 325 g/mol. The van der Waals surface area contributed by atoms with Gasteiger partial charge in [-0.2, -0.15) is 0 Å². The number of carbonyl (C=O) groups is 1. The van der Waals surface area contributed by atoms with Crippen molar-refractivity contribution in [2.75, 3.05) is 7.11 Å². The number of amides is 1. The van der Waals surface area contributed by atoms with E-state index in [1.807, 2.05) is 0 Å². The van der Waals surface area contributed by atoms with E-state index in [0.29, 0.717) is 18.6 Å². The number of carbonyl (C=O) groups excluding carboxylic acids is 1. The Hall–Kier alpha value is -1.67. The van der Waals surface area contributed by atoms with E-state index in [2.05, 4.69) is 15.0 Å². The highest BCUT2D eigenvalue weighted by Gasteiger charge is 2.49. The molecule has 2 heterocycles. The number of aromatic nitrogens is 1. The summed E-state index contributed by atoms with van der Waals surface area (Å²) in [5.74, 6) is 0.386. The Bertz CT molecular complexity index is 685. The van der Waals surface area contributed by atoms with Crippen LogP contribution in [0, 0.1) is 0 Å². The van der Waals surface area contributed by atoms with E-state index < -0.39 is 15.6 Å². The average molecular weight is 325 g/mol. The van der Waals surface area contributed by atoms with Gasteiger partial charge in [-0.15, -0.1) is 0 Å². The Labute approximate surface area is 129 Å². The molecular formula is C14H19N3O4S. The molecule has 1 saturated carbocycles. The minimum Gasteiger partial charge on any atom is -0.495 e. The number of methoxy groups -OCH3 is 1. The Morgan fingerprint density at radius 2 is 2.18 bits per heavy atom. The number of pyridine rings is 1. The average Bonchev–Trinajstić information content (AvgIpc) is 2.47. The molecule has 0 bridgehead atoms. The van der Waals surface area contributed by atoms with Gasteiger partial charge in [-0.3, -0.25) is 9.78 Å². The zero-order valence-corrected chi connectivity index (χ0v) is 13.1. The molecule has 2 N–H and O–H groups in total. The summed E-state index contributed by atoms with van der Waals surface area (Å²) in [5, 5.41) is 2.97. The molecule has 120 valence electrons. The summed E-state index contributed by atoms with van der Waals surface area (Å²) in [5.41, 5.74) is -0.422. The van der Waals surface area contributed by atoms with E-state index in [1.165, 1.54) is 25.6 Å². The molecule has 1 atom stereocenters. The molecule has 1 aromatic heterocycles. The van der Waals surface area contributed by atoms with Gasteiger partial charge in [-0.1, -0.05) is 0 Å². The van der Waals surface area contributed by atoms with Crippen LogP contribution >= 0.6 is 0 Å². The first-order valence-corrected chi connectivity index (χ1v) is 8.76. The van der Waals surface area contributed by atoms with Crippen LogP contribution in [-0.4, -0.2) is 38.0 Å². The molecule has 1 aromatic rings. The largest absolute Gasteiger partial charge is 0.495 e. The summed E-state index contributed by atoms with van der Waals surface area (Å²) in [6.45, 7) is 0. The van der Waals surface area contributed by atoms with E-state index in [-0.39, 0.29) is 16.8 Å². The second kappa shape index (κ2) is 5.51. The second-order valence-corrected chi connectivity index (χ2v) is 7.54. The lowest BCUT2D eigenvalue weighted by Gasteiger charge is -2.50. The lowest BCUT2D eigenvalue weighted by atomic mass is 9.68. The van der Waals surface area contributed by atoms with E-state index >= 15 is 0 Å². The molecule has 3 rings (SSSR count). The first-order chi connectivity index (χ1) is 10.5. The summed E-state index contributed by atoms with van der Waals surface area (Å²) in [6.07, 6.45) is 6.21. The molecule has 2 fully saturated rings. The van der Waals surface area contributed by atoms with Gasteiger partial charge in [0, 0.05) is 24.7 Å². The van der Waals surface area contributed by atoms with E-state index in [4.69, 9.17) is 4.74 Å². The van der Waals surface area contributed by atoms with Crippen LogP contribution in [-0.2, 0) is 14.8 Å². The number of ether oxygens (including phenoxy) is 1. The van der Waals surface area contributed by atoms with Crippen LogP contribution in [0.4, 0.5) is 0 Å². The third kappa shape index (κ3) is 2.68. The van der Waals surface area contributed by atoms with Crippen molar-refractivity contribution in [2.45, 2.75) is 48.6 Å². The quantitative estimate of drug-likeness (QED) is 0.843. The number of hydrogen-bond donors (Lipinski definition) is 2. The van der Waals surface area contributed by atoms with Crippen LogP contribution in [0.25, 0.3) is 0 Å². The van der Waals surface area contributed by atoms with E-state index in [9.17, 15) is 13.2 Å². The Balaban J connectivity index is 1.82. The minimum atomic E-state index is -3.70. The van der Waals surface area contributed by atoms with Crippen molar-refractivity contribution in [1.29, 1.82) is 0 Å². The number of hydrogen-bond acceptors (Lipinski definition) is 5. The number of nitrogens with zero attached hydrogens (tertiary/aromatic N) is 1. The SMILES string of the molecule is COc1cncc(S(=O)(=O)N[C@H]2CCC(=O)NC23CCC3)c1. The second-order valence-electron chi connectivity index (χ2n) is 5.83. The van der Waals surface area contributed by atoms with Crippen molar-refractivity contribution in [2.24, 2.45) is 0 Å². The molecular weight excluding hydrogens is 306 g/mol. The van der Waals surface area contributed by atoms with Gasteiger partial charge in [0.2, 0.25) is 15.9 Å². The fourth-order valence-electron chi connectivity index (χ4n) is 3.09. The van der Waals surface area contributed by atoms with Gasteiger partial charge < -0.3 is 10.1 Å². The number of piperidine rings is 1. The first kappa shape index (κ1) is 15.2. The predicted molar refractivity (Wildman–Crippen MR) is 78.9 cm³/mol. The van der Waals surface area contributed by atoms with Gasteiger partial charge in [-0.25, -0.2) is 13.1 Å². The summed E-state index contributed by atoms with van der Waals surface area (Å²) < 4.78 is 32.9. The Morgan fingerprint density at radius 3 is 2.82 bits per heavy atom. The fraction of sp³-hybridized carbons (Fsp3) is 0.571. The summed E-state index contributed by atoms with van der Waals surface area (Å²) in [7, 11) is -2.24. The van der Waals surface area contributed by atoms with Crippen LogP contribution in [0.15, 0.2) is 23.4 Å². The summed E-state index contributed by atoms with van der Waals surface area (Å²) in [4.78, 5) is 15.6. The van der Waals surface area contributed by atoms with Gasteiger partial charge in [0.25, 0.3) is 0 Å². The van der Waals surface area contributed by atoms with Gasteiger partial charge in [0.15, 0.2) is 0 Å². The maximum atomic E-state index is 12.6. The third-order valence-electron chi connectivity index (χ3n) is 4.49. The number of sulfonamides is 1. The highest BCUT2D eigenvalue weighted by Crippen LogP contribution is 2.39. The molecule has 1 saturated heterocycles. The van der Waals surface area contributed by atoms with E-state index in [0.717, 1.165) is 19.3 Å². The first-order valence-electron chi connectivity index (χ1n) is 7.28. The lowest BCUT2D eigenvalue weighted by Crippen LogP contribution is -2.68. The molecule has 7 nitrogen and oxygen atoms in total. The molecule has 1 spiro atoms. The van der Waals surface area contributed by atoms with Gasteiger partial charge in [0.1, 0.15) is 10.6 Å². The van der Waals surface area contributed by atoms with Gasteiger partial charge in [-0.05, 0) is 25.7 Å². The maximum Gasteiger partial charge on any atom is 0.242 e. The van der Waals surface area contributed by atoms with Gasteiger partial charge >= 0.3 is 0 Å². The zero-order valence-electron chi connectivity index (χ0n) is 12.3. The smallest absolute Gasteiger partial charge is 0.242 e. The highest BCUT2D eigenvalue weighted by atomic mass is 32.2. The predicted octanol–water partition coefficient (Wildman–Crippen LogP) is 0.570. The summed E-state index contributed by atoms with van der Waals surface area (Å²) >= 11 is 0. The normalized spacial score (nSPS) is 23.7.